The van der Waals surface area contributed by atoms with E-state index in [1.54, 1.807) is 23.5 Å². The van der Waals surface area contributed by atoms with Gasteiger partial charge >= 0.3 is 0 Å². The molecule has 2 heterocycles. The van der Waals surface area contributed by atoms with Crippen LogP contribution in [0.15, 0.2) is 24.4 Å². The molecule has 110 valence electrons. The maximum Gasteiger partial charge on any atom is 0.224 e. The molecule has 6 heteroatoms. The fraction of sp³-hybridized carbons (Fsp3) is 0.267. The first-order valence-electron chi connectivity index (χ1n) is 6.57. The number of rotatable bonds is 5. The summed E-state index contributed by atoms with van der Waals surface area (Å²) in [5.41, 5.74) is 6.76. The van der Waals surface area contributed by atoms with Gasteiger partial charge in [0.2, 0.25) is 5.91 Å². The van der Waals surface area contributed by atoms with Crippen LogP contribution in [0.2, 0.25) is 0 Å². The Morgan fingerprint density at radius 1 is 1.29 bits per heavy atom. The predicted octanol–water partition coefficient (Wildman–Crippen LogP) is 2.94. The lowest BCUT2D eigenvalue weighted by Gasteiger charge is -2.04. The maximum atomic E-state index is 12.1. The van der Waals surface area contributed by atoms with Gasteiger partial charge in [-0.25, -0.2) is 4.98 Å². The molecule has 0 spiro atoms. The Morgan fingerprint density at radius 2 is 2.05 bits per heavy atom. The molecule has 0 aliphatic rings. The Balaban J connectivity index is 1.88. The molecule has 2 rings (SSSR count). The molecule has 0 aromatic carbocycles. The maximum absolute atomic E-state index is 12.1. The highest BCUT2D eigenvalue weighted by Crippen LogP contribution is 2.22. The van der Waals surface area contributed by atoms with E-state index in [9.17, 15) is 9.59 Å². The van der Waals surface area contributed by atoms with E-state index < -0.39 is 0 Å². The van der Waals surface area contributed by atoms with Crippen molar-refractivity contribution >= 4 is 34.5 Å². The van der Waals surface area contributed by atoms with Gasteiger partial charge in [-0.2, -0.15) is 0 Å². The van der Waals surface area contributed by atoms with Crippen LogP contribution < -0.4 is 11.1 Å². The zero-order valence-corrected chi connectivity index (χ0v) is 12.8. The Bertz CT molecular complexity index is 662. The van der Waals surface area contributed by atoms with E-state index in [1.165, 1.54) is 6.20 Å². The average molecular weight is 303 g/mol. The number of nitrogens with two attached hydrogens (primary N) is 1. The predicted molar refractivity (Wildman–Crippen MR) is 84.6 cm³/mol. The van der Waals surface area contributed by atoms with Crippen molar-refractivity contribution in [2.24, 2.45) is 0 Å². The smallest absolute Gasteiger partial charge is 0.224 e. The van der Waals surface area contributed by atoms with E-state index in [4.69, 9.17) is 5.73 Å². The van der Waals surface area contributed by atoms with Gasteiger partial charge in [-0.05, 0) is 32.0 Å². The first-order chi connectivity index (χ1) is 9.95. The normalized spacial score (nSPS) is 10.4. The number of hydrogen-bond acceptors (Lipinski definition) is 5. The Labute approximate surface area is 127 Å². The van der Waals surface area contributed by atoms with Crippen LogP contribution in [0.3, 0.4) is 0 Å². The number of aryl methyl sites for hydroxylation is 2. The van der Waals surface area contributed by atoms with Crippen molar-refractivity contribution in [3.63, 3.8) is 0 Å². The van der Waals surface area contributed by atoms with Gasteiger partial charge in [-0.15, -0.1) is 11.3 Å². The molecule has 0 saturated heterocycles. The van der Waals surface area contributed by atoms with Crippen LogP contribution in [0.5, 0.6) is 0 Å². The van der Waals surface area contributed by atoms with Gasteiger partial charge < -0.3 is 11.1 Å². The summed E-state index contributed by atoms with van der Waals surface area (Å²) in [6.45, 7) is 3.89. The second kappa shape index (κ2) is 6.49. The zero-order valence-electron chi connectivity index (χ0n) is 12.0. The molecule has 0 unspecified atom stereocenters. The van der Waals surface area contributed by atoms with E-state index in [1.807, 2.05) is 19.9 Å². The number of Topliss-reactive ketones (excluding diaryl/α,β-unsaturated/α-hetero) is 1. The minimum absolute atomic E-state index is 0.00225. The number of hydrogen-bond donors (Lipinski definition) is 2. The van der Waals surface area contributed by atoms with Gasteiger partial charge in [0.1, 0.15) is 5.82 Å². The molecule has 0 aliphatic heterocycles. The second-order valence-electron chi connectivity index (χ2n) is 4.77. The third-order valence-corrected chi connectivity index (χ3v) is 3.96. The summed E-state index contributed by atoms with van der Waals surface area (Å²) in [5, 5.41) is 2.69. The quantitative estimate of drug-likeness (QED) is 0.832. The van der Waals surface area contributed by atoms with Crippen LogP contribution in [0.1, 0.15) is 33.0 Å². The molecule has 2 aromatic heterocycles. The van der Waals surface area contributed by atoms with E-state index in [0.717, 1.165) is 15.3 Å². The fourth-order valence-corrected chi connectivity index (χ4v) is 2.91. The van der Waals surface area contributed by atoms with Gasteiger partial charge in [-0.1, -0.05) is 0 Å². The summed E-state index contributed by atoms with van der Waals surface area (Å²) in [5.74, 6) is 0.188. The third-order valence-electron chi connectivity index (χ3n) is 2.99. The molecule has 0 radical (unpaired) electrons. The Hall–Kier alpha value is -2.21. The minimum Gasteiger partial charge on any atom is -0.384 e. The van der Waals surface area contributed by atoms with E-state index in [2.05, 4.69) is 10.3 Å². The Morgan fingerprint density at radius 3 is 2.62 bits per heavy atom. The lowest BCUT2D eigenvalue weighted by molar-refractivity contribution is -0.116. The molecule has 0 aliphatic carbocycles. The molecular formula is C15H17N3O2S. The number of carbonyl (C=O) groups excluding carboxylic acids is 2. The largest absolute Gasteiger partial charge is 0.384 e. The van der Waals surface area contributed by atoms with Crippen molar-refractivity contribution in [2.45, 2.75) is 26.7 Å². The number of nitrogens with zero attached hydrogens (tertiary/aromatic N) is 1. The van der Waals surface area contributed by atoms with Gasteiger partial charge in [0.25, 0.3) is 0 Å². The molecule has 0 atom stereocenters. The van der Waals surface area contributed by atoms with E-state index >= 15 is 0 Å². The van der Waals surface area contributed by atoms with Crippen molar-refractivity contribution < 1.29 is 9.59 Å². The second-order valence-corrected chi connectivity index (χ2v) is 6.23. The highest BCUT2D eigenvalue weighted by Gasteiger charge is 2.13. The SMILES string of the molecule is Cc1cc(C(=O)CCC(=O)Nc2ccc(N)nc2)c(C)s1. The highest BCUT2D eigenvalue weighted by atomic mass is 32.1. The molecule has 2 aromatic rings. The van der Waals surface area contributed by atoms with Gasteiger partial charge in [0, 0.05) is 28.2 Å². The van der Waals surface area contributed by atoms with Crippen LogP contribution in [-0.2, 0) is 4.79 Å². The summed E-state index contributed by atoms with van der Waals surface area (Å²) in [7, 11) is 0. The number of ketones is 1. The average Bonchev–Trinajstić information content (AvgIpc) is 2.78. The number of nitrogen functional groups attached to an aromatic ring is 1. The molecule has 0 fully saturated rings. The lowest BCUT2D eigenvalue weighted by Crippen LogP contribution is -2.13. The van der Waals surface area contributed by atoms with Crippen molar-refractivity contribution in [1.82, 2.24) is 4.98 Å². The van der Waals surface area contributed by atoms with Crippen molar-refractivity contribution in [2.75, 3.05) is 11.1 Å². The number of aromatic nitrogens is 1. The lowest BCUT2D eigenvalue weighted by atomic mass is 10.1. The topological polar surface area (TPSA) is 85.1 Å². The fourth-order valence-electron chi connectivity index (χ4n) is 1.97. The molecule has 1 amide bonds. The van der Waals surface area contributed by atoms with Crippen molar-refractivity contribution in [3.05, 3.63) is 39.7 Å². The summed E-state index contributed by atoms with van der Waals surface area (Å²) in [4.78, 5) is 29.9. The van der Waals surface area contributed by atoms with Crippen LogP contribution in [0.4, 0.5) is 11.5 Å². The molecule has 5 nitrogen and oxygen atoms in total. The number of carbonyl (C=O) groups is 2. The van der Waals surface area contributed by atoms with E-state index in [0.29, 0.717) is 11.5 Å². The summed E-state index contributed by atoms with van der Waals surface area (Å²) in [6.07, 6.45) is 1.84. The summed E-state index contributed by atoms with van der Waals surface area (Å²) < 4.78 is 0. The number of thiophene rings is 1. The van der Waals surface area contributed by atoms with E-state index in [-0.39, 0.29) is 24.5 Å². The summed E-state index contributed by atoms with van der Waals surface area (Å²) in [6, 6.07) is 5.16. The number of anilines is 2. The minimum atomic E-state index is -0.209. The molecule has 0 bridgehead atoms. The molecule has 0 saturated carbocycles. The van der Waals surface area contributed by atoms with Gasteiger partial charge in [0.05, 0.1) is 11.9 Å². The monoisotopic (exact) mass is 303 g/mol. The third kappa shape index (κ3) is 4.13. The molecular weight excluding hydrogens is 286 g/mol. The van der Waals surface area contributed by atoms with Crippen LogP contribution >= 0.6 is 11.3 Å². The zero-order chi connectivity index (χ0) is 15.4. The number of nitrogens with one attached hydrogen (secondary N) is 1. The highest BCUT2D eigenvalue weighted by molar-refractivity contribution is 7.12. The Kier molecular flexibility index (Phi) is 4.70. The van der Waals surface area contributed by atoms with Gasteiger partial charge in [0.15, 0.2) is 5.78 Å². The van der Waals surface area contributed by atoms with Crippen LogP contribution in [0, 0.1) is 13.8 Å². The van der Waals surface area contributed by atoms with Gasteiger partial charge in [-0.3, -0.25) is 9.59 Å². The van der Waals surface area contributed by atoms with Crippen molar-refractivity contribution in [3.8, 4) is 0 Å². The number of pyridine rings is 1. The first-order valence-corrected chi connectivity index (χ1v) is 7.39. The first kappa shape index (κ1) is 15.2. The molecule has 3 N–H and O–H groups in total. The standard InChI is InChI=1S/C15H17N3O2S/c1-9-7-12(10(2)21-9)13(19)4-6-15(20)18-11-3-5-14(16)17-8-11/h3,5,7-8H,4,6H2,1-2H3,(H2,16,17)(H,18,20). The molecule has 21 heavy (non-hydrogen) atoms. The van der Waals surface area contributed by atoms with Crippen molar-refractivity contribution in [1.29, 1.82) is 0 Å². The number of amides is 1. The van der Waals surface area contributed by atoms with Crippen LogP contribution in [0.25, 0.3) is 0 Å². The van der Waals surface area contributed by atoms with Crippen LogP contribution in [-0.4, -0.2) is 16.7 Å². The summed E-state index contributed by atoms with van der Waals surface area (Å²) >= 11 is 1.59.